The van der Waals surface area contributed by atoms with Gasteiger partial charge in [0.05, 0.1) is 6.54 Å². The first kappa shape index (κ1) is 14.0. The quantitative estimate of drug-likeness (QED) is 0.848. The van der Waals surface area contributed by atoms with Gasteiger partial charge in [0.2, 0.25) is 17.7 Å². The Kier molecular flexibility index (Phi) is 4.34. The Morgan fingerprint density at radius 3 is 2.50 bits per heavy atom. The van der Waals surface area contributed by atoms with Gasteiger partial charge in [-0.1, -0.05) is 0 Å². The fourth-order valence-corrected chi connectivity index (χ4v) is 2.12. The van der Waals surface area contributed by atoms with E-state index in [-0.39, 0.29) is 18.4 Å². The van der Waals surface area contributed by atoms with E-state index in [1.165, 1.54) is 0 Å². The van der Waals surface area contributed by atoms with Crippen molar-refractivity contribution in [2.45, 2.75) is 19.3 Å². The Morgan fingerprint density at radius 2 is 1.90 bits per heavy atom. The van der Waals surface area contributed by atoms with Gasteiger partial charge in [-0.15, -0.1) is 0 Å². The van der Waals surface area contributed by atoms with Gasteiger partial charge in [0.1, 0.15) is 0 Å². The number of amides is 3. The summed E-state index contributed by atoms with van der Waals surface area (Å²) in [6.07, 6.45) is 2.35. The molecule has 20 heavy (non-hydrogen) atoms. The fourth-order valence-electron chi connectivity index (χ4n) is 2.12. The van der Waals surface area contributed by atoms with E-state index in [2.05, 4.69) is 5.32 Å². The molecule has 1 aliphatic rings. The Morgan fingerprint density at radius 1 is 1.20 bits per heavy atom. The average Bonchev–Trinajstić information content (AvgIpc) is 2.42. The number of hydrogen-bond donors (Lipinski definition) is 2. The van der Waals surface area contributed by atoms with Gasteiger partial charge < -0.3 is 16.0 Å². The van der Waals surface area contributed by atoms with Gasteiger partial charge in [-0.25, -0.2) is 0 Å². The molecule has 1 aromatic rings. The molecule has 0 unspecified atom stereocenters. The van der Waals surface area contributed by atoms with Gasteiger partial charge in [0, 0.05) is 24.2 Å². The predicted molar refractivity (Wildman–Crippen MR) is 74.0 cm³/mol. The molecule has 3 N–H and O–H groups in total. The van der Waals surface area contributed by atoms with Crippen LogP contribution in [-0.2, 0) is 9.59 Å². The summed E-state index contributed by atoms with van der Waals surface area (Å²) in [6, 6.07) is 6.31. The summed E-state index contributed by atoms with van der Waals surface area (Å²) >= 11 is 0. The van der Waals surface area contributed by atoms with Crippen LogP contribution in [-0.4, -0.2) is 35.7 Å². The molecule has 6 nitrogen and oxygen atoms in total. The third-order valence-electron chi connectivity index (χ3n) is 3.21. The highest BCUT2D eigenvalue weighted by molar-refractivity contribution is 5.96. The second kappa shape index (κ2) is 6.18. The van der Waals surface area contributed by atoms with Gasteiger partial charge in [-0.2, -0.15) is 0 Å². The number of nitrogens with zero attached hydrogens (tertiary/aromatic N) is 1. The second-order valence-electron chi connectivity index (χ2n) is 4.76. The summed E-state index contributed by atoms with van der Waals surface area (Å²) in [5.41, 5.74) is 6.09. The van der Waals surface area contributed by atoms with Crippen molar-refractivity contribution in [1.29, 1.82) is 0 Å². The van der Waals surface area contributed by atoms with E-state index in [1.807, 2.05) is 0 Å². The lowest BCUT2D eigenvalue weighted by Crippen LogP contribution is -2.40. The highest BCUT2D eigenvalue weighted by atomic mass is 16.2. The van der Waals surface area contributed by atoms with E-state index in [0.717, 1.165) is 12.8 Å². The van der Waals surface area contributed by atoms with Crippen LogP contribution in [0.25, 0.3) is 0 Å². The van der Waals surface area contributed by atoms with Crippen molar-refractivity contribution >= 4 is 23.4 Å². The number of carbonyl (C=O) groups is 3. The van der Waals surface area contributed by atoms with E-state index in [0.29, 0.717) is 24.2 Å². The van der Waals surface area contributed by atoms with E-state index in [4.69, 9.17) is 5.73 Å². The molecule has 1 fully saturated rings. The Bertz CT molecular complexity index is 525. The van der Waals surface area contributed by atoms with Crippen molar-refractivity contribution in [3.05, 3.63) is 29.8 Å². The standard InChI is InChI=1S/C14H17N3O3/c15-14(20)10-4-6-11(7-5-10)16-12(18)9-17-8-2-1-3-13(17)19/h4-7H,1-3,8-9H2,(H2,15,20)(H,16,18). The van der Waals surface area contributed by atoms with Crippen LogP contribution in [0.3, 0.4) is 0 Å². The first-order valence-corrected chi connectivity index (χ1v) is 6.54. The normalized spacial score (nSPS) is 15.0. The van der Waals surface area contributed by atoms with Crippen LogP contribution < -0.4 is 11.1 Å². The summed E-state index contributed by atoms with van der Waals surface area (Å²) in [5, 5.41) is 2.69. The van der Waals surface area contributed by atoms with Crippen molar-refractivity contribution in [3.63, 3.8) is 0 Å². The molecule has 0 saturated carbocycles. The van der Waals surface area contributed by atoms with Crippen molar-refractivity contribution in [1.82, 2.24) is 4.90 Å². The molecule has 106 valence electrons. The first-order chi connectivity index (χ1) is 9.56. The number of anilines is 1. The predicted octanol–water partition coefficient (Wildman–Crippen LogP) is 0.736. The summed E-state index contributed by atoms with van der Waals surface area (Å²) in [7, 11) is 0. The number of benzene rings is 1. The summed E-state index contributed by atoms with van der Waals surface area (Å²) < 4.78 is 0. The zero-order valence-corrected chi connectivity index (χ0v) is 11.1. The third-order valence-corrected chi connectivity index (χ3v) is 3.21. The fraction of sp³-hybridized carbons (Fsp3) is 0.357. The smallest absolute Gasteiger partial charge is 0.248 e. The number of hydrogen-bond acceptors (Lipinski definition) is 3. The molecular weight excluding hydrogens is 258 g/mol. The molecule has 6 heteroatoms. The zero-order chi connectivity index (χ0) is 14.5. The van der Waals surface area contributed by atoms with Crippen LogP contribution in [0.15, 0.2) is 24.3 Å². The number of likely N-dealkylation sites (tertiary alicyclic amines) is 1. The van der Waals surface area contributed by atoms with E-state index < -0.39 is 5.91 Å². The van der Waals surface area contributed by atoms with Crippen molar-refractivity contribution in [2.75, 3.05) is 18.4 Å². The van der Waals surface area contributed by atoms with Crippen molar-refractivity contribution < 1.29 is 14.4 Å². The Hall–Kier alpha value is -2.37. The molecule has 3 amide bonds. The van der Waals surface area contributed by atoms with Gasteiger partial charge in [0.25, 0.3) is 0 Å². The molecule has 0 aliphatic carbocycles. The number of carbonyl (C=O) groups excluding carboxylic acids is 3. The molecule has 0 spiro atoms. The maximum atomic E-state index is 11.8. The number of primary amides is 1. The van der Waals surface area contributed by atoms with Crippen molar-refractivity contribution in [3.8, 4) is 0 Å². The minimum Gasteiger partial charge on any atom is -0.366 e. The largest absolute Gasteiger partial charge is 0.366 e. The van der Waals surface area contributed by atoms with Crippen LogP contribution in [0.5, 0.6) is 0 Å². The lowest BCUT2D eigenvalue weighted by molar-refractivity contribution is -0.136. The molecule has 0 atom stereocenters. The van der Waals surface area contributed by atoms with E-state index >= 15 is 0 Å². The topological polar surface area (TPSA) is 92.5 Å². The molecule has 0 bridgehead atoms. The Balaban J connectivity index is 1.90. The van der Waals surface area contributed by atoms with Crippen LogP contribution in [0, 0.1) is 0 Å². The molecule has 1 saturated heterocycles. The summed E-state index contributed by atoms with van der Waals surface area (Å²) in [6.45, 7) is 0.698. The molecule has 2 rings (SSSR count). The zero-order valence-electron chi connectivity index (χ0n) is 11.1. The number of nitrogens with two attached hydrogens (primary N) is 1. The third kappa shape index (κ3) is 3.57. The molecule has 0 aromatic heterocycles. The Labute approximate surface area is 116 Å². The number of rotatable bonds is 4. The van der Waals surface area contributed by atoms with E-state index in [9.17, 15) is 14.4 Å². The first-order valence-electron chi connectivity index (χ1n) is 6.54. The highest BCUT2D eigenvalue weighted by Crippen LogP contribution is 2.12. The minimum atomic E-state index is -0.512. The monoisotopic (exact) mass is 275 g/mol. The van der Waals surface area contributed by atoms with Crippen LogP contribution in [0.2, 0.25) is 0 Å². The molecular formula is C14H17N3O3. The van der Waals surface area contributed by atoms with Crippen LogP contribution in [0.1, 0.15) is 29.6 Å². The molecule has 0 radical (unpaired) electrons. The highest BCUT2D eigenvalue weighted by Gasteiger charge is 2.20. The van der Waals surface area contributed by atoms with Crippen molar-refractivity contribution in [2.24, 2.45) is 5.73 Å². The summed E-state index contributed by atoms with van der Waals surface area (Å²) in [4.78, 5) is 35.9. The number of nitrogens with one attached hydrogen (secondary N) is 1. The summed E-state index contributed by atoms with van der Waals surface area (Å²) in [5.74, 6) is -0.732. The van der Waals surface area contributed by atoms with Gasteiger partial charge in [-0.3, -0.25) is 14.4 Å². The lowest BCUT2D eigenvalue weighted by atomic mass is 10.1. The van der Waals surface area contributed by atoms with E-state index in [1.54, 1.807) is 29.2 Å². The maximum Gasteiger partial charge on any atom is 0.248 e. The van der Waals surface area contributed by atoms with Gasteiger partial charge >= 0.3 is 0 Å². The SMILES string of the molecule is NC(=O)c1ccc(NC(=O)CN2CCCCC2=O)cc1. The molecule has 1 aromatic carbocycles. The average molecular weight is 275 g/mol. The maximum absolute atomic E-state index is 11.8. The number of piperidine rings is 1. The van der Waals surface area contributed by atoms with Crippen LogP contribution in [0.4, 0.5) is 5.69 Å². The lowest BCUT2D eigenvalue weighted by Gasteiger charge is -2.25. The molecule has 1 heterocycles. The second-order valence-corrected chi connectivity index (χ2v) is 4.76. The van der Waals surface area contributed by atoms with Crippen LogP contribution >= 0.6 is 0 Å². The molecule has 1 aliphatic heterocycles. The minimum absolute atomic E-state index is 0.0236. The van der Waals surface area contributed by atoms with Gasteiger partial charge in [0.15, 0.2) is 0 Å². The van der Waals surface area contributed by atoms with Gasteiger partial charge in [-0.05, 0) is 37.1 Å².